The minimum Gasteiger partial charge on any atom is -0.497 e. The third kappa shape index (κ3) is 2.30. The Balaban J connectivity index is 2.05. The fraction of sp³-hybridized carbons (Fsp3) is 0.278. The van der Waals surface area contributed by atoms with E-state index in [1.165, 1.54) is 0 Å². The number of carbonyl (C=O) groups is 1. The molecule has 1 aliphatic carbocycles. The van der Waals surface area contributed by atoms with Crippen molar-refractivity contribution in [2.45, 2.75) is 12.3 Å². The first kappa shape index (κ1) is 14.4. The highest BCUT2D eigenvalue weighted by Crippen LogP contribution is 2.43. The van der Waals surface area contributed by atoms with Crippen molar-refractivity contribution in [3.8, 4) is 17.2 Å². The second kappa shape index (κ2) is 5.72. The zero-order chi connectivity index (χ0) is 15.7. The second-order valence-electron chi connectivity index (χ2n) is 5.25. The van der Waals surface area contributed by atoms with Crippen LogP contribution in [0.4, 0.5) is 0 Å². The Morgan fingerprint density at radius 1 is 0.909 bits per heavy atom. The molecule has 4 heteroatoms. The van der Waals surface area contributed by atoms with E-state index in [0.29, 0.717) is 17.9 Å². The highest BCUT2D eigenvalue weighted by molar-refractivity contribution is 6.02. The minimum atomic E-state index is 0.0493. The average molecular weight is 298 g/mol. The van der Waals surface area contributed by atoms with Crippen molar-refractivity contribution in [2.75, 3.05) is 21.3 Å². The van der Waals surface area contributed by atoms with Crippen molar-refractivity contribution in [2.24, 2.45) is 0 Å². The fourth-order valence-electron chi connectivity index (χ4n) is 2.96. The molecule has 0 saturated heterocycles. The van der Waals surface area contributed by atoms with Crippen LogP contribution in [0.15, 0.2) is 36.4 Å². The first-order valence-electron chi connectivity index (χ1n) is 7.11. The van der Waals surface area contributed by atoms with Gasteiger partial charge >= 0.3 is 0 Å². The van der Waals surface area contributed by atoms with Crippen LogP contribution in [0.3, 0.4) is 0 Å². The van der Waals surface area contributed by atoms with Gasteiger partial charge in [0.2, 0.25) is 0 Å². The minimum absolute atomic E-state index is 0.0493. The van der Waals surface area contributed by atoms with Crippen LogP contribution < -0.4 is 14.2 Å². The Hall–Kier alpha value is -2.49. The quantitative estimate of drug-likeness (QED) is 0.867. The van der Waals surface area contributed by atoms with Crippen LogP contribution in [0.5, 0.6) is 17.2 Å². The number of methoxy groups -OCH3 is 3. The summed E-state index contributed by atoms with van der Waals surface area (Å²) in [5, 5.41) is 0. The summed E-state index contributed by atoms with van der Waals surface area (Å²) in [4.78, 5) is 12.3. The molecule has 0 amide bonds. The van der Waals surface area contributed by atoms with E-state index in [4.69, 9.17) is 14.2 Å². The smallest absolute Gasteiger partial charge is 0.164 e. The maximum atomic E-state index is 12.3. The van der Waals surface area contributed by atoms with Gasteiger partial charge in [0.05, 0.1) is 21.3 Å². The Labute approximate surface area is 129 Å². The predicted octanol–water partition coefficient (Wildman–Crippen LogP) is 3.43. The van der Waals surface area contributed by atoms with E-state index in [-0.39, 0.29) is 11.7 Å². The molecule has 0 heterocycles. The van der Waals surface area contributed by atoms with Gasteiger partial charge in [-0.3, -0.25) is 4.79 Å². The number of ketones is 1. The van der Waals surface area contributed by atoms with Crippen LogP contribution in [-0.2, 0) is 0 Å². The van der Waals surface area contributed by atoms with E-state index in [0.717, 1.165) is 22.4 Å². The van der Waals surface area contributed by atoms with E-state index < -0.39 is 0 Å². The molecule has 2 aromatic carbocycles. The number of carbonyl (C=O) groups excluding carboxylic acids is 1. The molecule has 114 valence electrons. The highest BCUT2D eigenvalue weighted by Gasteiger charge is 2.32. The first-order chi connectivity index (χ1) is 10.7. The van der Waals surface area contributed by atoms with Crippen molar-refractivity contribution in [3.63, 3.8) is 0 Å². The molecule has 0 spiro atoms. The van der Waals surface area contributed by atoms with Gasteiger partial charge in [-0.1, -0.05) is 12.1 Å². The molecule has 0 bridgehead atoms. The van der Waals surface area contributed by atoms with Crippen molar-refractivity contribution in [3.05, 3.63) is 53.1 Å². The van der Waals surface area contributed by atoms with Gasteiger partial charge in [-0.25, -0.2) is 0 Å². The lowest BCUT2D eigenvalue weighted by molar-refractivity contribution is 0.0991. The lowest BCUT2D eigenvalue weighted by Crippen LogP contribution is -1.98. The van der Waals surface area contributed by atoms with Crippen molar-refractivity contribution < 1.29 is 19.0 Å². The molecule has 2 aromatic rings. The Bertz CT molecular complexity index is 704. The van der Waals surface area contributed by atoms with E-state index >= 15 is 0 Å². The molecule has 1 aliphatic rings. The summed E-state index contributed by atoms with van der Waals surface area (Å²) in [5.41, 5.74) is 2.81. The largest absolute Gasteiger partial charge is 0.497 e. The number of benzene rings is 2. The summed E-state index contributed by atoms with van der Waals surface area (Å²) in [5.74, 6) is 2.23. The van der Waals surface area contributed by atoms with E-state index in [9.17, 15) is 4.79 Å². The Morgan fingerprint density at radius 2 is 1.55 bits per heavy atom. The number of rotatable bonds is 4. The summed E-state index contributed by atoms with van der Waals surface area (Å²) in [6, 6.07) is 11.5. The van der Waals surface area contributed by atoms with Gasteiger partial charge in [0.1, 0.15) is 5.75 Å². The molecule has 4 nitrogen and oxygen atoms in total. The molecular weight excluding hydrogens is 280 g/mol. The van der Waals surface area contributed by atoms with E-state index in [2.05, 4.69) is 0 Å². The van der Waals surface area contributed by atoms with Crippen LogP contribution in [0.25, 0.3) is 0 Å². The van der Waals surface area contributed by atoms with Crippen LogP contribution in [0, 0.1) is 0 Å². The molecular formula is C18H18O4. The third-order valence-corrected chi connectivity index (χ3v) is 4.14. The topological polar surface area (TPSA) is 44.8 Å². The lowest BCUT2D eigenvalue weighted by atomic mass is 9.93. The molecule has 0 radical (unpaired) electrons. The maximum Gasteiger partial charge on any atom is 0.164 e. The summed E-state index contributed by atoms with van der Waals surface area (Å²) in [6.07, 6.45) is 0.470. The summed E-state index contributed by atoms with van der Waals surface area (Å²) >= 11 is 0. The normalized spacial score (nSPS) is 16.3. The number of hydrogen-bond acceptors (Lipinski definition) is 4. The molecule has 0 fully saturated rings. The highest BCUT2D eigenvalue weighted by atomic mass is 16.5. The second-order valence-corrected chi connectivity index (χ2v) is 5.25. The third-order valence-electron chi connectivity index (χ3n) is 4.14. The van der Waals surface area contributed by atoms with Gasteiger partial charge < -0.3 is 14.2 Å². The van der Waals surface area contributed by atoms with Crippen LogP contribution in [-0.4, -0.2) is 27.1 Å². The Morgan fingerprint density at radius 3 is 2.14 bits per heavy atom. The monoisotopic (exact) mass is 298 g/mol. The molecule has 0 saturated carbocycles. The fourth-order valence-corrected chi connectivity index (χ4v) is 2.96. The molecule has 0 aromatic heterocycles. The maximum absolute atomic E-state index is 12.3. The first-order valence-corrected chi connectivity index (χ1v) is 7.11. The number of hydrogen-bond donors (Lipinski definition) is 0. The van der Waals surface area contributed by atoms with Crippen molar-refractivity contribution in [1.29, 1.82) is 0 Å². The number of Topliss-reactive ketones (excluding diaryl/α,β-unsaturated/α-hetero) is 1. The number of fused-ring (bicyclic) bond motifs is 1. The van der Waals surface area contributed by atoms with Crippen molar-refractivity contribution >= 4 is 5.78 Å². The van der Waals surface area contributed by atoms with Gasteiger partial charge in [0, 0.05) is 17.9 Å². The average Bonchev–Trinajstić information content (AvgIpc) is 2.89. The predicted molar refractivity (Wildman–Crippen MR) is 83.3 cm³/mol. The molecule has 1 unspecified atom stereocenters. The van der Waals surface area contributed by atoms with Crippen molar-refractivity contribution in [1.82, 2.24) is 0 Å². The van der Waals surface area contributed by atoms with E-state index in [1.807, 2.05) is 30.3 Å². The Kier molecular flexibility index (Phi) is 3.75. The summed E-state index contributed by atoms with van der Waals surface area (Å²) < 4.78 is 15.8. The molecule has 22 heavy (non-hydrogen) atoms. The number of ether oxygens (including phenoxy) is 3. The van der Waals surface area contributed by atoms with Gasteiger partial charge in [-0.2, -0.15) is 0 Å². The summed E-state index contributed by atoms with van der Waals surface area (Å²) in [7, 11) is 4.81. The van der Waals surface area contributed by atoms with Gasteiger partial charge in [0.15, 0.2) is 17.3 Å². The molecule has 0 N–H and O–H groups in total. The standard InChI is InChI=1S/C18H18O4/c1-20-12-6-4-11(5-7-12)13-8-16(19)15-10-18(22-3)17(21-2)9-14(13)15/h4-7,9-10,13H,8H2,1-3H3. The molecule has 0 aliphatic heterocycles. The van der Waals surface area contributed by atoms with Crippen LogP contribution >= 0.6 is 0 Å². The summed E-state index contributed by atoms with van der Waals surface area (Å²) in [6.45, 7) is 0. The van der Waals surface area contributed by atoms with E-state index in [1.54, 1.807) is 27.4 Å². The molecule has 3 rings (SSSR count). The lowest BCUT2D eigenvalue weighted by Gasteiger charge is -2.14. The molecule has 1 atom stereocenters. The zero-order valence-corrected chi connectivity index (χ0v) is 12.9. The SMILES string of the molecule is COc1ccc(C2CC(=O)c3cc(OC)c(OC)cc32)cc1. The van der Waals surface area contributed by atoms with Gasteiger partial charge in [-0.05, 0) is 35.4 Å². The van der Waals surface area contributed by atoms with Gasteiger partial charge in [-0.15, -0.1) is 0 Å². The van der Waals surface area contributed by atoms with Crippen LogP contribution in [0.1, 0.15) is 33.8 Å². The van der Waals surface area contributed by atoms with Crippen LogP contribution in [0.2, 0.25) is 0 Å². The zero-order valence-electron chi connectivity index (χ0n) is 12.9. The van der Waals surface area contributed by atoms with Gasteiger partial charge in [0.25, 0.3) is 0 Å².